The van der Waals surface area contributed by atoms with Crippen LogP contribution in [0.1, 0.15) is 19.4 Å². The largest absolute Gasteiger partial charge is 0.507 e. The Morgan fingerprint density at radius 2 is 1.47 bits per heavy atom. The van der Waals surface area contributed by atoms with Crippen LogP contribution in [0.25, 0.3) is 11.1 Å². The number of halogens is 3. The molecule has 0 bridgehead atoms. The van der Waals surface area contributed by atoms with E-state index in [4.69, 9.17) is 0 Å². The standard InChI is InChI=1S/C15H13F3O/c1-15(2,18)13-8-10(17)3-5-11(13)12-7-9(16)4-6-14(12)19/h3-8,19H,1-2H3. The highest BCUT2D eigenvalue weighted by molar-refractivity contribution is 5.74. The zero-order valence-electron chi connectivity index (χ0n) is 10.5. The molecule has 0 saturated heterocycles. The molecule has 0 aliphatic carbocycles. The normalized spacial score (nSPS) is 11.6. The first kappa shape index (κ1) is 13.5. The summed E-state index contributed by atoms with van der Waals surface area (Å²) in [6.45, 7) is 2.56. The third-order valence-corrected chi connectivity index (χ3v) is 2.87. The molecule has 0 fully saturated rings. The van der Waals surface area contributed by atoms with Gasteiger partial charge < -0.3 is 5.11 Å². The second kappa shape index (κ2) is 4.61. The number of aromatic hydroxyl groups is 1. The van der Waals surface area contributed by atoms with E-state index >= 15 is 0 Å². The van der Waals surface area contributed by atoms with Gasteiger partial charge in [-0.05, 0) is 55.3 Å². The Bertz CT molecular complexity index is 615. The van der Waals surface area contributed by atoms with Gasteiger partial charge in [-0.1, -0.05) is 6.07 Å². The van der Waals surface area contributed by atoms with E-state index in [2.05, 4.69) is 0 Å². The van der Waals surface area contributed by atoms with Gasteiger partial charge in [-0.2, -0.15) is 0 Å². The van der Waals surface area contributed by atoms with E-state index in [-0.39, 0.29) is 22.4 Å². The van der Waals surface area contributed by atoms with Gasteiger partial charge in [-0.3, -0.25) is 0 Å². The molecule has 2 aromatic carbocycles. The molecule has 0 amide bonds. The Kier molecular flexibility index (Phi) is 3.27. The molecule has 2 rings (SSSR count). The quantitative estimate of drug-likeness (QED) is 0.846. The minimum Gasteiger partial charge on any atom is -0.507 e. The summed E-state index contributed by atoms with van der Waals surface area (Å²) < 4.78 is 40.7. The maximum Gasteiger partial charge on any atom is 0.131 e. The lowest BCUT2D eigenvalue weighted by Crippen LogP contribution is -2.11. The van der Waals surface area contributed by atoms with Gasteiger partial charge in [0.15, 0.2) is 0 Å². The summed E-state index contributed by atoms with van der Waals surface area (Å²) >= 11 is 0. The van der Waals surface area contributed by atoms with E-state index in [0.717, 1.165) is 24.3 Å². The van der Waals surface area contributed by atoms with Gasteiger partial charge in [0.2, 0.25) is 0 Å². The van der Waals surface area contributed by atoms with E-state index in [1.54, 1.807) is 0 Å². The molecule has 1 nitrogen and oxygen atoms in total. The summed E-state index contributed by atoms with van der Waals surface area (Å²) in [4.78, 5) is 0. The van der Waals surface area contributed by atoms with Gasteiger partial charge in [-0.15, -0.1) is 0 Å². The maximum absolute atomic E-state index is 14.1. The van der Waals surface area contributed by atoms with Crippen molar-refractivity contribution < 1.29 is 18.3 Å². The lowest BCUT2D eigenvalue weighted by atomic mass is 9.90. The van der Waals surface area contributed by atoms with Crippen LogP contribution in [0.3, 0.4) is 0 Å². The van der Waals surface area contributed by atoms with Crippen LogP contribution >= 0.6 is 0 Å². The number of hydrogen-bond acceptors (Lipinski definition) is 1. The molecule has 4 heteroatoms. The molecule has 0 aliphatic heterocycles. The maximum atomic E-state index is 14.1. The molecule has 0 spiro atoms. The molecular formula is C15H13F3O. The van der Waals surface area contributed by atoms with Gasteiger partial charge in [0.05, 0.1) is 0 Å². The van der Waals surface area contributed by atoms with Crippen LogP contribution in [0.2, 0.25) is 0 Å². The Balaban J connectivity index is 2.72. The summed E-state index contributed by atoms with van der Waals surface area (Å²) in [7, 11) is 0. The lowest BCUT2D eigenvalue weighted by molar-refractivity contribution is 0.221. The van der Waals surface area contributed by atoms with Crippen LogP contribution in [-0.2, 0) is 5.67 Å². The Morgan fingerprint density at radius 3 is 2.11 bits per heavy atom. The first-order chi connectivity index (χ1) is 8.79. The van der Waals surface area contributed by atoms with Crippen LogP contribution in [0.15, 0.2) is 36.4 Å². The van der Waals surface area contributed by atoms with E-state index in [0.29, 0.717) is 0 Å². The number of rotatable bonds is 2. The van der Waals surface area contributed by atoms with Crippen molar-refractivity contribution in [3.05, 3.63) is 53.6 Å². The molecule has 0 heterocycles. The Morgan fingerprint density at radius 1 is 0.895 bits per heavy atom. The van der Waals surface area contributed by atoms with E-state index in [9.17, 15) is 18.3 Å². The van der Waals surface area contributed by atoms with E-state index < -0.39 is 17.3 Å². The number of phenols is 1. The predicted octanol–water partition coefficient (Wildman–Crippen LogP) is 4.54. The van der Waals surface area contributed by atoms with Crippen molar-refractivity contribution in [2.45, 2.75) is 19.5 Å². The predicted molar refractivity (Wildman–Crippen MR) is 67.6 cm³/mol. The summed E-state index contributed by atoms with van der Waals surface area (Å²) in [6, 6.07) is 6.92. The molecule has 0 unspecified atom stereocenters. The van der Waals surface area contributed by atoms with E-state index in [1.165, 1.54) is 26.0 Å². The second-order valence-electron chi connectivity index (χ2n) is 4.82. The fourth-order valence-electron chi connectivity index (χ4n) is 1.97. The smallest absolute Gasteiger partial charge is 0.131 e. The first-order valence-corrected chi connectivity index (χ1v) is 5.77. The number of benzene rings is 2. The van der Waals surface area contributed by atoms with Gasteiger partial charge in [-0.25, -0.2) is 13.2 Å². The number of alkyl halides is 1. The number of hydrogen-bond donors (Lipinski definition) is 1. The van der Waals surface area contributed by atoms with Crippen LogP contribution in [0.5, 0.6) is 5.75 Å². The summed E-state index contributed by atoms with van der Waals surface area (Å²) in [5.74, 6) is -1.32. The zero-order valence-corrected chi connectivity index (χ0v) is 10.5. The second-order valence-corrected chi connectivity index (χ2v) is 4.82. The van der Waals surface area contributed by atoms with Crippen molar-refractivity contribution >= 4 is 0 Å². The minimum atomic E-state index is -1.81. The average molecular weight is 266 g/mol. The van der Waals surface area contributed by atoms with Crippen molar-refractivity contribution in [1.29, 1.82) is 0 Å². The molecule has 0 aliphatic rings. The third kappa shape index (κ3) is 2.72. The molecule has 2 aromatic rings. The van der Waals surface area contributed by atoms with Crippen molar-refractivity contribution in [2.75, 3.05) is 0 Å². The number of phenolic OH excluding ortho intramolecular Hbond substituents is 1. The first-order valence-electron chi connectivity index (χ1n) is 5.77. The zero-order chi connectivity index (χ0) is 14.2. The fraction of sp³-hybridized carbons (Fsp3) is 0.200. The van der Waals surface area contributed by atoms with Crippen LogP contribution < -0.4 is 0 Å². The molecule has 0 radical (unpaired) electrons. The SMILES string of the molecule is CC(C)(F)c1cc(F)ccc1-c1cc(F)ccc1O. The van der Waals surface area contributed by atoms with Crippen molar-refractivity contribution in [2.24, 2.45) is 0 Å². The average Bonchev–Trinajstić information content (AvgIpc) is 2.31. The molecule has 100 valence electrons. The molecular weight excluding hydrogens is 253 g/mol. The lowest BCUT2D eigenvalue weighted by Gasteiger charge is -2.20. The topological polar surface area (TPSA) is 20.2 Å². The van der Waals surface area contributed by atoms with Gasteiger partial charge in [0.25, 0.3) is 0 Å². The van der Waals surface area contributed by atoms with Crippen molar-refractivity contribution in [3.63, 3.8) is 0 Å². The third-order valence-electron chi connectivity index (χ3n) is 2.87. The van der Waals surface area contributed by atoms with Crippen molar-refractivity contribution in [1.82, 2.24) is 0 Å². The summed E-state index contributed by atoms with van der Waals surface area (Å²) in [6.07, 6.45) is 0. The van der Waals surface area contributed by atoms with E-state index in [1.807, 2.05) is 0 Å². The Labute approximate surface area is 109 Å². The molecule has 0 atom stereocenters. The van der Waals surface area contributed by atoms with Gasteiger partial charge in [0, 0.05) is 5.56 Å². The molecule has 19 heavy (non-hydrogen) atoms. The molecule has 1 N–H and O–H groups in total. The highest BCUT2D eigenvalue weighted by Gasteiger charge is 2.25. The van der Waals surface area contributed by atoms with Crippen molar-refractivity contribution in [3.8, 4) is 16.9 Å². The van der Waals surface area contributed by atoms with Crippen LogP contribution in [-0.4, -0.2) is 5.11 Å². The monoisotopic (exact) mass is 266 g/mol. The summed E-state index contributed by atoms with van der Waals surface area (Å²) in [5.41, 5.74) is -1.34. The highest BCUT2D eigenvalue weighted by atomic mass is 19.1. The van der Waals surface area contributed by atoms with Crippen LogP contribution in [0.4, 0.5) is 13.2 Å². The van der Waals surface area contributed by atoms with Crippen LogP contribution in [0, 0.1) is 11.6 Å². The molecule has 0 aromatic heterocycles. The molecule has 0 saturated carbocycles. The highest BCUT2D eigenvalue weighted by Crippen LogP contribution is 2.38. The Hall–Kier alpha value is -1.97. The van der Waals surface area contributed by atoms with Gasteiger partial charge in [0.1, 0.15) is 23.1 Å². The minimum absolute atomic E-state index is 0.0633. The summed E-state index contributed by atoms with van der Waals surface area (Å²) in [5, 5.41) is 9.77. The van der Waals surface area contributed by atoms with Gasteiger partial charge >= 0.3 is 0 Å². The fourth-order valence-corrected chi connectivity index (χ4v) is 1.97.